The van der Waals surface area contributed by atoms with Gasteiger partial charge in [0.2, 0.25) is 6.08 Å². The van der Waals surface area contributed by atoms with Crippen LogP contribution in [0.2, 0.25) is 5.02 Å². The van der Waals surface area contributed by atoms with Crippen molar-refractivity contribution in [1.82, 2.24) is 0 Å². The number of carbonyl (C=O) groups excluding carboxylic acids is 1. The second-order valence-electron chi connectivity index (χ2n) is 2.64. The van der Waals surface area contributed by atoms with Crippen molar-refractivity contribution in [2.45, 2.75) is 13.3 Å². The third-order valence-corrected chi connectivity index (χ3v) is 1.86. The average Bonchev–Trinajstić information content (AvgIpc) is 2.18. The number of hydrogen-bond acceptors (Lipinski definition) is 3. The number of ether oxygens (including phenoxy) is 1. The van der Waals surface area contributed by atoms with Gasteiger partial charge in [-0.1, -0.05) is 24.6 Å². The van der Waals surface area contributed by atoms with Crippen molar-refractivity contribution in [2.75, 3.05) is 6.61 Å². The van der Waals surface area contributed by atoms with Gasteiger partial charge < -0.3 is 4.74 Å². The lowest BCUT2D eigenvalue weighted by atomic mass is 10.3. The Morgan fingerprint density at radius 1 is 1.57 bits per heavy atom. The van der Waals surface area contributed by atoms with Crippen LogP contribution in [0.5, 0.6) is 5.75 Å². The van der Waals surface area contributed by atoms with E-state index < -0.39 is 0 Å². The fraction of sp³-hybridized carbons (Fsp3) is 0.300. The van der Waals surface area contributed by atoms with Crippen LogP contribution in [-0.2, 0) is 4.79 Å². The van der Waals surface area contributed by atoms with E-state index in [1.54, 1.807) is 18.2 Å². The average molecular weight is 212 g/mol. The van der Waals surface area contributed by atoms with E-state index >= 15 is 0 Å². The summed E-state index contributed by atoms with van der Waals surface area (Å²) in [6.45, 7) is 2.53. The first-order valence-electron chi connectivity index (χ1n) is 4.28. The van der Waals surface area contributed by atoms with Crippen molar-refractivity contribution < 1.29 is 9.53 Å². The van der Waals surface area contributed by atoms with Crippen LogP contribution >= 0.6 is 11.6 Å². The standard InChI is InChI=1S/C10H10ClNO2/c1-2-6-14-10-8(11)4-3-5-9(10)12-7-13/h3-5H,2,6H2,1H3. The van der Waals surface area contributed by atoms with Gasteiger partial charge in [0.15, 0.2) is 5.75 Å². The molecule has 0 saturated carbocycles. The van der Waals surface area contributed by atoms with Crippen LogP contribution in [0.25, 0.3) is 0 Å². The molecule has 4 heteroatoms. The second kappa shape index (κ2) is 5.43. The van der Waals surface area contributed by atoms with Crippen molar-refractivity contribution in [2.24, 2.45) is 4.99 Å². The van der Waals surface area contributed by atoms with Crippen LogP contribution in [-0.4, -0.2) is 12.7 Å². The number of rotatable bonds is 4. The largest absolute Gasteiger partial charge is 0.490 e. The minimum atomic E-state index is 0.418. The number of para-hydroxylation sites is 1. The van der Waals surface area contributed by atoms with Crippen LogP contribution < -0.4 is 4.74 Å². The molecule has 0 fully saturated rings. The number of aliphatic imine (C=N–C) groups is 1. The van der Waals surface area contributed by atoms with Gasteiger partial charge in [0.1, 0.15) is 5.69 Å². The smallest absolute Gasteiger partial charge is 0.240 e. The molecule has 0 N–H and O–H groups in total. The summed E-state index contributed by atoms with van der Waals surface area (Å²) in [7, 11) is 0. The summed E-state index contributed by atoms with van der Waals surface area (Å²) < 4.78 is 5.37. The van der Waals surface area contributed by atoms with Gasteiger partial charge in [-0.15, -0.1) is 0 Å². The summed E-state index contributed by atoms with van der Waals surface area (Å²) in [5, 5.41) is 0.454. The van der Waals surface area contributed by atoms with Crippen molar-refractivity contribution in [3.05, 3.63) is 23.2 Å². The van der Waals surface area contributed by atoms with Gasteiger partial charge in [-0.2, -0.15) is 4.99 Å². The summed E-state index contributed by atoms with van der Waals surface area (Å²) in [4.78, 5) is 13.6. The molecule has 0 heterocycles. The Morgan fingerprint density at radius 2 is 2.36 bits per heavy atom. The molecule has 74 valence electrons. The van der Waals surface area contributed by atoms with E-state index in [9.17, 15) is 4.79 Å². The highest BCUT2D eigenvalue weighted by atomic mass is 35.5. The number of halogens is 1. The molecule has 0 radical (unpaired) electrons. The summed E-state index contributed by atoms with van der Waals surface area (Å²) in [6.07, 6.45) is 2.33. The van der Waals surface area contributed by atoms with Gasteiger partial charge in [-0.05, 0) is 18.6 Å². The molecule has 3 nitrogen and oxygen atoms in total. The van der Waals surface area contributed by atoms with Gasteiger partial charge in [0.05, 0.1) is 11.6 Å². The zero-order valence-electron chi connectivity index (χ0n) is 7.79. The maximum absolute atomic E-state index is 10.1. The zero-order valence-corrected chi connectivity index (χ0v) is 8.54. The molecule has 0 aromatic heterocycles. The monoisotopic (exact) mass is 211 g/mol. The summed E-state index contributed by atoms with van der Waals surface area (Å²) in [5.41, 5.74) is 0.418. The van der Waals surface area contributed by atoms with E-state index in [1.807, 2.05) is 6.92 Å². The minimum absolute atomic E-state index is 0.418. The van der Waals surface area contributed by atoms with Gasteiger partial charge in [0, 0.05) is 0 Å². The second-order valence-corrected chi connectivity index (χ2v) is 3.05. The lowest BCUT2D eigenvalue weighted by Crippen LogP contribution is -1.95. The molecule has 0 aliphatic carbocycles. The molecular weight excluding hydrogens is 202 g/mol. The molecule has 0 atom stereocenters. The molecule has 0 saturated heterocycles. The number of nitrogens with zero attached hydrogens (tertiary/aromatic N) is 1. The Kier molecular flexibility index (Phi) is 4.17. The maximum Gasteiger partial charge on any atom is 0.240 e. The molecule has 1 rings (SSSR count). The van der Waals surface area contributed by atoms with E-state index in [0.29, 0.717) is 23.1 Å². The third-order valence-electron chi connectivity index (χ3n) is 1.56. The van der Waals surface area contributed by atoms with Crippen molar-refractivity contribution in [3.8, 4) is 5.75 Å². The summed E-state index contributed by atoms with van der Waals surface area (Å²) in [6, 6.07) is 5.05. The fourth-order valence-corrected chi connectivity index (χ4v) is 1.21. The molecule has 0 aliphatic rings. The Balaban J connectivity index is 3.02. The lowest BCUT2D eigenvalue weighted by Gasteiger charge is -2.08. The van der Waals surface area contributed by atoms with Crippen molar-refractivity contribution in [3.63, 3.8) is 0 Å². The van der Waals surface area contributed by atoms with Crippen molar-refractivity contribution in [1.29, 1.82) is 0 Å². The van der Waals surface area contributed by atoms with E-state index in [-0.39, 0.29) is 0 Å². The number of isocyanates is 1. The van der Waals surface area contributed by atoms with Gasteiger partial charge in [-0.25, -0.2) is 4.79 Å². The van der Waals surface area contributed by atoms with Gasteiger partial charge in [0.25, 0.3) is 0 Å². The third kappa shape index (κ3) is 2.59. The first kappa shape index (κ1) is 10.8. The van der Waals surface area contributed by atoms with Crippen LogP contribution in [0.15, 0.2) is 23.2 Å². The first-order valence-corrected chi connectivity index (χ1v) is 4.66. The Bertz CT molecular complexity index is 359. The first-order chi connectivity index (χ1) is 6.79. The Hall–Kier alpha value is -1.31. The molecule has 0 aliphatic heterocycles. The van der Waals surface area contributed by atoms with E-state index in [0.717, 1.165) is 6.42 Å². The molecule has 0 amide bonds. The normalized spacial score (nSPS) is 9.29. The van der Waals surface area contributed by atoms with Crippen LogP contribution in [0.4, 0.5) is 5.69 Å². The summed E-state index contributed by atoms with van der Waals surface area (Å²) >= 11 is 5.89. The van der Waals surface area contributed by atoms with Crippen molar-refractivity contribution >= 4 is 23.4 Å². The molecular formula is C10H10ClNO2. The zero-order chi connectivity index (χ0) is 10.4. The quantitative estimate of drug-likeness (QED) is 0.567. The molecule has 0 bridgehead atoms. The predicted molar refractivity (Wildman–Crippen MR) is 55.0 cm³/mol. The Labute approximate surface area is 87.4 Å². The van der Waals surface area contributed by atoms with Crippen LogP contribution in [0.3, 0.4) is 0 Å². The molecule has 0 spiro atoms. The van der Waals surface area contributed by atoms with E-state index in [1.165, 1.54) is 6.08 Å². The van der Waals surface area contributed by atoms with Gasteiger partial charge in [-0.3, -0.25) is 0 Å². The molecule has 1 aromatic carbocycles. The molecule has 0 unspecified atom stereocenters. The Morgan fingerprint density at radius 3 is 3.00 bits per heavy atom. The molecule has 1 aromatic rings. The SMILES string of the molecule is CCCOc1c(Cl)cccc1N=C=O. The fourth-order valence-electron chi connectivity index (χ4n) is 0.982. The topological polar surface area (TPSA) is 38.7 Å². The highest BCUT2D eigenvalue weighted by Gasteiger charge is 2.06. The maximum atomic E-state index is 10.1. The van der Waals surface area contributed by atoms with E-state index in [4.69, 9.17) is 16.3 Å². The van der Waals surface area contributed by atoms with Crippen LogP contribution in [0.1, 0.15) is 13.3 Å². The van der Waals surface area contributed by atoms with E-state index in [2.05, 4.69) is 4.99 Å². The van der Waals surface area contributed by atoms with Gasteiger partial charge >= 0.3 is 0 Å². The molecule has 14 heavy (non-hydrogen) atoms. The van der Waals surface area contributed by atoms with Crippen LogP contribution in [0, 0.1) is 0 Å². The predicted octanol–water partition coefficient (Wildman–Crippen LogP) is 3.10. The summed E-state index contributed by atoms with van der Waals surface area (Å²) in [5.74, 6) is 0.444. The number of benzene rings is 1. The minimum Gasteiger partial charge on any atom is -0.490 e. The number of hydrogen-bond donors (Lipinski definition) is 0. The highest BCUT2D eigenvalue weighted by Crippen LogP contribution is 2.34. The lowest BCUT2D eigenvalue weighted by molar-refractivity contribution is 0.319. The highest BCUT2D eigenvalue weighted by molar-refractivity contribution is 6.32.